The second-order valence-electron chi connectivity index (χ2n) is 4.97. The van der Waals surface area contributed by atoms with E-state index in [9.17, 15) is 5.11 Å². The van der Waals surface area contributed by atoms with Crippen molar-refractivity contribution < 1.29 is 5.11 Å². The van der Waals surface area contributed by atoms with Crippen LogP contribution in [-0.4, -0.2) is 11.1 Å². The van der Waals surface area contributed by atoms with Crippen molar-refractivity contribution in [2.75, 3.05) is 5.32 Å². The van der Waals surface area contributed by atoms with Crippen LogP contribution in [0.2, 0.25) is 0 Å². The standard InChI is InChI=1S/C16H17NO/c18-16-8-6-14(7-9-16)17-15-10-13(11-15)12-4-2-1-3-5-12/h1-9,13,15,17-18H,10-11H2. The van der Waals surface area contributed by atoms with Crippen LogP contribution in [0, 0.1) is 0 Å². The molecule has 2 nitrogen and oxygen atoms in total. The molecule has 1 fully saturated rings. The van der Waals surface area contributed by atoms with Crippen molar-refractivity contribution in [1.29, 1.82) is 0 Å². The predicted molar refractivity (Wildman–Crippen MR) is 73.9 cm³/mol. The molecule has 2 heteroatoms. The van der Waals surface area contributed by atoms with Gasteiger partial charge in [-0.1, -0.05) is 30.3 Å². The quantitative estimate of drug-likeness (QED) is 0.799. The number of rotatable bonds is 3. The molecule has 0 heterocycles. The van der Waals surface area contributed by atoms with Crippen LogP contribution in [-0.2, 0) is 0 Å². The summed E-state index contributed by atoms with van der Waals surface area (Å²) in [5.74, 6) is 1.01. The Morgan fingerprint density at radius 1 is 0.889 bits per heavy atom. The van der Waals surface area contributed by atoms with E-state index in [1.54, 1.807) is 12.1 Å². The van der Waals surface area contributed by atoms with Gasteiger partial charge in [-0.05, 0) is 48.6 Å². The summed E-state index contributed by atoms with van der Waals surface area (Å²) in [7, 11) is 0. The molecule has 0 unspecified atom stereocenters. The van der Waals surface area contributed by atoms with Crippen LogP contribution in [0.4, 0.5) is 5.69 Å². The fourth-order valence-corrected chi connectivity index (χ4v) is 2.53. The zero-order valence-corrected chi connectivity index (χ0v) is 10.2. The van der Waals surface area contributed by atoms with Gasteiger partial charge in [0, 0.05) is 11.7 Å². The van der Waals surface area contributed by atoms with E-state index in [4.69, 9.17) is 0 Å². The molecule has 0 spiro atoms. The van der Waals surface area contributed by atoms with Crippen LogP contribution < -0.4 is 5.32 Å². The molecule has 0 aliphatic heterocycles. The topological polar surface area (TPSA) is 32.3 Å². The van der Waals surface area contributed by atoms with Crippen molar-refractivity contribution >= 4 is 5.69 Å². The molecule has 1 saturated carbocycles. The molecule has 92 valence electrons. The number of benzene rings is 2. The lowest BCUT2D eigenvalue weighted by molar-refractivity contribution is 0.374. The summed E-state index contributed by atoms with van der Waals surface area (Å²) in [5.41, 5.74) is 2.53. The maximum absolute atomic E-state index is 9.22. The van der Waals surface area contributed by atoms with E-state index in [-0.39, 0.29) is 0 Å². The van der Waals surface area contributed by atoms with Gasteiger partial charge in [-0.2, -0.15) is 0 Å². The van der Waals surface area contributed by atoms with Gasteiger partial charge in [0.25, 0.3) is 0 Å². The highest BCUT2D eigenvalue weighted by molar-refractivity contribution is 5.47. The van der Waals surface area contributed by atoms with Crippen molar-refractivity contribution in [3.05, 3.63) is 60.2 Å². The van der Waals surface area contributed by atoms with Gasteiger partial charge < -0.3 is 10.4 Å². The summed E-state index contributed by atoms with van der Waals surface area (Å²) in [6.07, 6.45) is 2.37. The Labute approximate surface area is 107 Å². The summed E-state index contributed by atoms with van der Waals surface area (Å²) < 4.78 is 0. The van der Waals surface area contributed by atoms with Crippen LogP contribution in [0.25, 0.3) is 0 Å². The van der Waals surface area contributed by atoms with Crippen molar-refractivity contribution in [2.24, 2.45) is 0 Å². The molecular weight excluding hydrogens is 222 g/mol. The Morgan fingerprint density at radius 3 is 2.22 bits per heavy atom. The highest BCUT2D eigenvalue weighted by Crippen LogP contribution is 2.38. The Balaban J connectivity index is 1.55. The highest BCUT2D eigenvalue weighted by atomic mass is 16.3. The molecule has 0 radical (unpaired) electrons. The maximum Gasteiger partial charge on any atom is 0.115 e. The normalized spacial score (nSPS) is 22.2. The van der Waals surface area contributed by atoms with Crippen molar-refractivity contribution in [3.8, 4) is 5.75 Å². The third kappa shape index (κ3) is 2.33. The van der Waals surface area contributed by atoms with Gasteiger partial charge in [0.2, 0.25) is 0 Å². The second-order valence-corrected chi connectivity index (χ2v) is 4.97. The number of phenols is 1. The molecule has 0 atom stereocenters. The monoisotopic (exact) mass is 239 g/mol. The molecule has 0 aromatic heterocycles. The number of hydrogen-bond donors (Lipinski definition) is 2. The first-order valence-electron chi connectivity index (χ1n) is 6.42. The van der Waals surface area contributed by atoms with Gasteiger partial charge in [0.15, 0.2) is 0 Å². The number of nitrogens with one attached hydrogen (secondary N) is 1. The van der Waals surface area contributed by atoms with E-state index < -0.39 is 0 Å². The lowest BCUT2D eigenvalue weighted by Crippen LogP contribution is -2.33. The predicted octanol–water partition coefficient (Wildman–Crippen LogP) is 3.75. The summed E-state index contributed by atoms with van der Waals surface area (Å²) in [6.45, 7) is 0. The van der Waals surface area contributed by atoms with E-state index in [2.05, 4.69) is 35.6 Å². The van der Waals surface area contributed by atoms with Crippen LogP contribution in [0.1, 0.15) is 24.3 Å². The fraction of sp³-hybridized carbons (Fsp3) is 0.250. The first kappa shape index (κ1) is 11.1. The number of hydrogen-bond acceptors (Lipinski definition) is 2. The average Bonchev–Trinajstić information content (AvgIpc) is 2.36. The largest absolute Gasteiger partial charge is 0.508 e. The first-order chi connectivity index (χ1) is 8.81. The first-order valence-corrected chi connectivity index (χ1v) is 6.42. The average molecular weight is 239 g/mol. The molecule has 1 aliphatic carbocycles. The van der Waals surface area contributed by atoms with Crippen molar-refractivity contribution in [2.45, 2.75) is 24.8 Å². The summed E-state index contributed by atoms with van der Waals surface area (Å²) >= 11 is 0. The van der Waals surface area contributed by atoms with Gasteiger partial charge in [0.1, 0.15) is 5.75 Å². The minimum Gasteiger partial charge on any atom is -0.508 e. The lowest BCUT2D eigenvalue weighted by Gasteiger charge is -2.37. The smallest absolute Gasteiger partial charge is 0.115 e. The molecule has 1 aliphatic rings. The molecule has 3 rings (SSSR count). The third-order valence-corrected chi connectivity index (χ3v) is 3.65. The van der Waals surface area contributed by atoms with E-state index in [0.29, 0.717) is 17.7 Å². The SMILES string of the molecule is Oc1ccc(NC2CC(c3ccccc3)C2)cc1. The summed E-state index contributed by atoms with van der Waals surface area (Å²) in [5, 5.41) is 12.7. The Morgan fingerprint density at radius 2 is 1.56 bits per heavy atom. The number of aromatic hydroxyl groups is 1. The van der Waals surface area contributed by atoms with Gasteiger partial charge in [0.05, 0.1) is 0 Å². The molecular formula is C16H17NO. The lowest BCUT2D eigenvalue weighted by atomic mass is 9.76. The molecule has 0 bridgehead atoms. The minimum atomic E-state index is 0.316. The number of anilines is 1. The minimum absolute atomic E-state index is 0.316. The summed E-state index contributed by atoms with van der Waals surface area (Å²) in [6, 6.07) is 18.5. The molecule has 18 heavy (non-hydrogen) atoms. The molecule has 0 saturated heterocycles. The third-order valence-electron chi connectivity index (χ3n) is 3.65. The fourth-order valence-electron chi connectivity index (χ4n) is 2.53. The molecule has 2 aromatic carbocycles. The molecule has 0 amide bonds. The van der Waals surface area contributed by atoms with Gasteiger partial charge in [-0.15, -0.1) is 0 Å². The van der Waals surface area contributed by atoms with Crippen LogP contribution in [0.5, 0.6) is 5.75 Å². The second kappa shape index (κ2) is 4.73. The van der Waals surface area contributed by atoms with E-state index >= 15 is 0 Å². The zero-order chi connectivity index (χ0) is 12.4. The summed E-state index contributed by atoms with van der Waals surface area (Å²) in [4.78, 5) is 0. The molecule has 2 aromatic rings. The van der Waals surface area contributed by atoms with Gasteiger partial charge >= 0.3 is 0 Å². The van der Waals surface area contributed by atoms with Crippen molar-refractivity contribution in [1.82, 2.24) is 0 Å². The highest BCUT2D eigenvalue weighted by Gasteiger charge is 2.29. The van der Waals surface area contributed by atoms with Crippen LogP contribution in [0.3, 0.4) is 0 Å². The van der Waals surface area contributed by atoms with Gasteiger partial charge in [-0.3, -0.25) is 0 Å². The van der Waals surface area contributed by atoms with E-state index in [1.165, 1.54) is 18.4 Å². The Hall–Kier alpha value is -1.96. The molecule has 2 N–H and O–H groups in total. The maximum atomic E-state index is 9.22. The Kier molecular flexibility index (Phi) is 2.93. The number of phenolic OH excluding ortho intramolecular Hbond substituents is 1. The Bertz CT molecular complexity index is 500. The van der Waals surface area contributed by atoms with E-state index in [1.807, 2.05) is 12.1 Å². The zero-order valence-electron chi connectivity index (χ0n) is 10.2. The van der Waals surface area contributed by atoms with Crippen molar-refractivity contribution in [3.63, 3.8) is 0 Å². The van der Waals surface area contributed by atoms with E-state index in [0.717, 1.165) is 5.69 Å². The van der Waals surface area contributed by atoms with Crippen LogP contribution >= 0.6 is 0 Å². The van der Waals surface area contributed by atoms with Crippen LogP contribution in [0.15, 0.2) is 54.6 Å². The van der Waals surface area contributed by atoms with Gasteiger partial charge in [-0.25, -0.2) is 0 Å².